The van der Waals surface area contributed by atoms with E-state index in [2.05, 4.69) is 23.7 Å². The van der Waals surface area contributed by atoms with Crippen LogP contribution in [0.25, 0.3) is 0 Å². The van der Waals surface area contributed by atoms with Gasteiger partial charge >= 0.3 is 27.3 Å². The average molecular weight is 378 g/mol. The minimum atomic E-state index is -4.92. The Bertz CT molecular complexity index is 164. The quantitative estimate of drug-likeness (QED) is 0.189. The summed E-state index contributed by atoms with van der Waals surface area (Å²) >= 11 is 4.09. The normalized spacial score (nSPS) is 8.20. The molecule has 0 rings (SSSR count). The van der Waals surface area contributed by atoms with Gasteiger partial charge in [-0.25, -0.2) is 8.42 Å². The van der Waals surface area contributed by atoms with E-state index in [1.165, 1.54) is 0 Å². The van der Waals surface area contributed by atoms with Crippen LogP contribution in [0.5, 0.6) is 0 Å². The SMILES string of the molecule is NC(N)=S.O=S(=O)([O-])O.[Tl+]. The molecule has 0 saturated carbocycles. The fourth-order valence-electron chi connectivity index (χ4n) is 0. The monoisotopic (exact) mass is 378 g/mol. The molecule has 0 bridgehead atoms. The van der Waals surface area contributed by atoms with Crippen LogP contribution < -0.4 is 11.5 Å². The van der Waals surface area contributed by atoms with Crippen LogP contribution in [-0.4, -0.2) is 49.9 Å². The minimum absolute atomic E-state index is 0. The van der Waals surface area contributed by atoms with Gasteiger partial charge in [0.15, 0.2) is 5.11 Å². The number of hydrogen-bond donors (Lipinski definition) is 3. The molecule has 0 saturated heterocycles. The average Bonchev–Trinajstić information content (AvgIpc) is 1.19. The predicted octanol–water partition coefficient (Wildman–Crippen LogP) is -2.19. The van der Waals surface area contributed by atoms with Gasteiger partial charge in [-0.15, -0.1) is 0 Å². The van der Waals surface area contributed by atoms with Crippen molar-refractivity contribution in [2.24, 2.45) is 11.5 Å². The van der Waals surface area contributed by atoms with E-state index in [1.807, 2.05) is 0 Å². The smallest absolute Gasteiger partial charge is 0.726 e. The fraction of sp³-hybridized carbons (Fsp3) is 0. The zero-order chi connectivity index (χ0) is 8.08. The third kappa shape index (κ3) is 2040. The van der Waals surface area contributed by atoms with Crippen molar-refractivity contribution in [3.05, 3.63) is 0 Å². The Morgan fingerprint density at radius 1 is 1.50 bits per heavy atom. The van der Waals surface area contributed by atoms with Crippen LogP contribution in [0.4, 0.5) is 0 Å². The van der Waals surface area contributed by atoms with Gasteiger partial charge in [0.05, 0.1) is 0 Å². The summed E-state index contributed by atoms with van der Waals surface area (Å²) in [6, 6.07) is 0. The molecule has 0 fully saturated rings. The van der Waals surface area contributed by atoms with Gasteiger partial charge in [-0.1, -0.05) is 0 Å². The molecule has 0 aliphatic heterocycles. The molecule has 6 nitrogen and oxygen atoms in total. The molecule has 0 spiro atoms. The van der Waals surface area contributed by atoms with Gasteiger partial charge in [-0.05, 0) is 12.2 Å². The molecule has 0 aliphatic rings. The van der Waals surface area contributed by atoms with E-state index in [1.54, 1.807) is 0 Å². The number of hydrogen-bond acceptors (Lipinski definition) is 4. The van der Waals surface area contributed by atoms with Crippen molar-refractivity contribution in [1.82, 2.24) is 0 Å². The summed E-state index contributed by atoms with van der Waals surface area (Å²) in [4.78, 5) is 0. The second kappa shape index (κ2) is 7.59. The van der Waals surface area contributed by atoms with Crippen LogP contribution >= 0.6 is 12.2 Å². The maximum absolute atomic E-state index is 8.63. The Labute approximate surface area is 83.7 Å². The molecule has 0 unspecified atom stereocenters. The zero-order valence-electron chi connectivity index (χ0n) is 4.72. The van der Waals surface area contributed by atoms with Crippen LogP contribution in [-0.2, 0) is 10.4 Å². The summed E-state index contributed by atoms with van der Waals surface area (Å²) in [5.74, 6) is 0. The topological polar surface area (TPSA) is 129 Å². The van der Waals surface area contributed by atoms with Gasteiger partial charge in [-0.3, -0.25) is 4.55 Å². The summed E-state index contributed by atoms with van der Waals surface area (Å²) in [6.07, 6.45) is 0. The Balaban J connectivity index is -0.0000000910. The van der Waals surface area contributed by atoms with E-state index in [4.69, 9.17) is 17.5 Å². The van der Waals surface area contributed by atoms with E-state index < -0.39 is 10.4 Å². The Morgan fingerprint density at radius 3 is 1.50 bits per heavy atom. The third-order valence-electron chi connectivity index (χ3n) is 0. The molecule has 0 aromatic rings. The van der Waals surface area contributed by atoms with Gasteiger partial charge in [-0.2, -0.15) is 0 Å². The van der Waals surface area contributed by atoms with Crippen molar-refractivity contribution >= 4 is 55.0 Å². The maximum Gasteiger partial charge on any atom is 1.00 e. The van der Waals surface area contributed by atoms with Crippen molar-refractivity contribution in [2.75, 3.05) is 0 Å². The number of nitrogens with two attached hydrogens (primary N) is 2. The fourth-order valence-corrected chi connectivity index (χ4v) is 0. The van der Waals surface area contributed by atoms with E-state index in [0.717, 1.165) is 0 Å². The summed E-state index contributed by atoms with van der Waals surface area (Å²) < 4.78 is 32.8. The zero-order valence-corrected chi connectivity index (χ0v) is 10.8. The van der Waals surface area contributed by atoms with Crippen LogP contribution in [0.3, 0.4) is 0 Å². The van der Waals surface area contributed by atoms with Gasteiger partial charge in [0.2, 0.25) is 10.4 Å². The molecule has 58 valence electrons. The summed E-state index contributed by atoms with van der Waals surface area (Å²) in [5, 5.41) is 0.000000000000000222. The maximum atomic E-state index is 8.63. The second-order valence-corrected chi connectivity index (χ2v) is 2.16. The van der Waals surface area contributed by atoms with E-state index in [9.17, 15) is 0 Å². The molecule has 0 atom stereocenters. The van der Waals surface area contributed by atoms with Crippen LogP contribution in [0.1, 0.15) is 0 Å². The van der Waals surface area contributed by atoms with Crippen molar-refractivity contribution in [2.45, 2.75) is 0 Å². The molecule has 10 heavy (non-hydrogen) atoms. The van der Waals surface area contributed by atoms with E-state index in [0.29, 0.717) is 0 Å². The van der Waals surface area contributed by atoms with Crippen molar-refractivity contribution in [3.8, 4) is 0 Å². The molecule has 0 aromatic carbocycles. The molecule has 0 aromatic heterocycles. The second-order valence-electron chi connectivity index (χ2n) is 0.830. The van der Waals surface area contributed by atoms with Crippen LogP contribution in [0.2, 0.25) is 0 Å². The summed E-state index contributed by atoms with van der Waals surface area (Å²) in [6.45, 7) is 0. The first-order valence-electron chi connectivity index (χ1n) is 1.46. The predicted molar refractivity (Wildman–Crippen MR) is 39.1 cm³/mol. The standard InChI is InChI=1S/CH4N2S.H2O4S.Tl/c2-1(3)4;1-5(2,3)4;/h(H4,2,3,4);(H2,1,2,3,4);/q;;+1/p-1. The van der Waals surface area contributed by atoms with Gasteiger partial charge in [0, 0.05) is 0 Å². The first-order valence-corrected chi connectivity index (χ1v) is 3.24. The van der Waals surface area contributed by atoms with E-state index >= 15 is 0 Å². The van der Waals surface area contributed by atoms with Crippen molar-refractivity contribution in [3.63, 3.8) is 0 Å². The van der Waals surface area contributed by atoms with Crippen LogP contribution in [0, 0.1) is 0 Å². The summed E-state index contributed by atoms with van der Waals surface area (Å²) in [5.41, 5.74) is 9.24. The molecule has 0 heterocycles. The number of rotatable bonds is 0. The first-order chi connectivity index (χ1) is 3.73. The largest absolute Gasteiger partial charge is 1.00 e. The van der Waals surface area contributed by atoms with Gasteiger partial charge < -0.3 is 16.0 Å². The molecular weight excluding hydrogens is 373 g/mol. The Hall–Kier alpha value is 0.482. The summed E-state index contributed by atoms with van der Waals surface area (Å²) in [7, 11) is -4.92. The molecular formula is CH5N2O4S2Tl. The third-order valence-corrected chi connectivity index (χ3v) is 0. The molecule has 5 N–H and O–H groups in total. The van der Waals surface area contributed by atoms with E-state index in [-0.39, 0.29) is 32.4 Å². The Morgan fingerprint density at radius 2 is 1.50 bits per heavy atom. The van der Waals surface area contributed by atoms with Gasteiger partial charge in [0.1, 0.15) is 0 Å². The molecule has 0 amide bonds. The van der Waals surface area contributed by atoms with Gasteiger partial charge in [0.25, 0.3) is 0 Å². The van der Waals surface area contributed by atoms with Crippen molar-refractivity contribution in [1.29, 1.82) is 0 Å². The number of thiocarbonyl (C=S) groups is 1. The molecule has 0 aliphatic carbocycles. The Kier molecular flexibility index (Phi) is 12.8. The van der Waals surface area contributed by atoms with Crippen molar-refractivity contribution < 1.29 is 17.5 Å². The minimum Gasteiger partial charge on any atom is -0.726 e. The molecule has 9 heteroatoms. The molecule has 0 radical (unpaired) electrons. The van der Waals surface area contributed by atoms with Crippen LogP contribution in [0.15, 0.2) is 0 Å². The first kappa shape index (κ1) is 16.8.